The third-order valence-electron chi connectivity index (χ3n) is 4.48. The molecule has 26 heavy (non-hydrogen) atoms. The van der Waals surface area contributed by atoms with Crippen molar-refractivity contribution in [3.8, 4) is 0 Å². The average Bonchev–Trinajstić information content (AvgIpc) is 3.06. The SMILES string of the molecule is Cc1cc(C(=O)NCCC[NH+](C)CCC[NH+](C)Cc2ccccc2)no1. The predicted octanol–water partition coefficient (Wildman–Crippen LogP) is -0.277. The number of aromatic nitrogens is 1. The summed E-state index contributed by atoms with van der Waals surface area (Å²) in [6, 6.07) is 12.3. The maximum Gasteiger partial charge on any atom is 0.273 e. The molecule has 3 N–H and O–H groups in total. The monoisotopic (exact) mass is 360 g/mol. The van der Waals surface area contributed by atoms with Crippen molar-refractivity contribution in [2.24, 2.45) is 0 Å². The van der Waals surface area contributed by atoms with Crippen LogP contribution in [0.1, 0.15) is 34.7 Å². The largest absolute Gasteiger partial charge is 0.361 e. The van der Waals surface area contributed by atoms with Gasteiger partial charge in [-0.05, 0) is 6.92 Å². The first-order valence-electron chi connectivity index (χ1n) is 9.42. The molecule has 1 heterocycles. The molecule has 2 rings (SSSR count). The van der Waals surface area contributed by atoms with Gasteiger partial charge in [0.05, 0.1) is 33.7 Å². The van der Waals surface area contributed by atoms with Crippen LogP contribution in [0.5, 0.6) is 0 Å². The second-order valence-corrected chi connectivity index (χ2v) is 7.11. The summed E-state index contributed by atoms with van der Waals surface area (Å²) >= 11 is 0. The number of carbonyl (C=O) groups is 1. The van der Waals surface area contributed by atoms with E-state index in [0.29, 0.717) is 18.0 Å². The summed E-state index contributed by atoms with van der Waals surface area (Å²) in [7, 11) is 4.47. The lowest BCUT2D eigenvalue weighted by molar-refractivity contribution is -0.908. The van der Waals surface area contributed by atoms with Gasteiger partial charge in [0.25, 0.3) is 5.91 Å². The third kappa shape index (κ3) is 7.37. The number of aryl methyl sites for hydroxylation is 1. The van der Waals surface area contributed by atoms with Gasteiger partial charge < -0.3 is 19.6 Å². The normalized spacial score (nSPS) is 13.3. The first-order chi connectivity index (χ1) is 12.5. The summed E-state index contributed by atoms with van der Waals surface area (Å²) in [6.45, 7) is 6.91. The second-order valence-electron chi connectivity index (χ2n) is 7.11. The number of rotatable bonds is 11. The molecule has 2 aromatic rings. The molecule has 142 valence electrons. The van der Waals surface area contributed by atoms with Gasteiger partial charge in [-0.1, -0.05) is 35.5 Å². The van der Waals surface area contributed by atoms with E-state index >= 15 is 0 Å². The lowest BCUT2D eigenvalue weighted by atomic mass is 10.2. The molecule has 0 saturated carbocycles. The van der Waals surface area contributed by atoms with Crippen LogP contribution < -0.4 is 15.1 Å². The molecule has 1 aromatic carbocycles. The highest BCUT2D eigenvalue weighted by Crippen LogP contribution is 2.00. The van der Waals surface area contributed by atoms with Crippen LogP contribution in [-0.4, -0.2) is 51.3 Å². The van der Waals surface area contributed by atoms with Crippen LogP contribution in [0.3, 0.4) is 0 Å². The Hall–Kier alpha value is -2.18. The maximum absolute atomic E-state index is 11.9. The van der Waals surface area contributed by atoms with Gasteiger partial charge in [0.1, 0.15) is 12.3 Å². The Balaban J connectivity index is 1.52. The van der Waals surface area contributed by atoms with E-state index in [4.69, 9.17) is 4.52 Å². The van der Waals surface area contributed by atoms with Gasteiger partial charge in [-0.15, -0.1) is 0 Å². The summed E-state index contributed by atoms with van der Waals surface area (Å²) in [5.74, 6) is 0.490. The highest BCUT2D eigenvalue weighted by atomic mass is 16.5. The van der Waals surface area contributed by atoms with Gasteiger partial charge in [-0.3, -0.25) is 4.79 Å². The molecule has 0 aliphatic rings. The third-order valence-corrected chi connectivity index (χ3v) is 4.48. The number of quaternary nitrogens is 2. The van der Waals surface area contributed by atoms with E-state index in [1.165, 1.54) is 23.4 Å². The Bertz CT molecular complexity index is 657. The number of hydrogen-bond acceptors (Lipinski definition) is 3. The van der Waals surface area contributed by atoms with Crippen LogP contribution in [0.15, 0.2) is 40.9 Å². The van der Waals surface area contributed by atoms with Gasteiger partial charge >= 0.3 is 0 Å². The molecule has 1 aromatic heterocycles. The molecule has 6 heteroatoms. The molecule has 0 aliphatic carbocycles. The van der Waals surface area contributed by atoms with E-state index in [1.54, 1.807) is 17.9 Å². The fourth-order valence-electron chi connectivity index (χ4n) is 3.01. The average molecular weight is 361 g/mol. The first-order valence-corrected chi connectivity index (χ1v) is 9.42. The van der Waals surface area contributed by atoms with E-state index < -0.39 is 0 Å². The number of hydrogen-bond donors (Lipinski definition) is 3. The Kier molecular flexibility index (Phi) is 8.31. The number of nitrogens with zero attached hydrogens (tertiary/aromatic N) is 1. The molecule has 6 nitrogen and oxygen atoms in total. The summed E-state index contributed by atoms with van der Waals surface area (Å²) < 4.78 is 4.91. The maximum atomic E-state index is 11.9. The predicted molar refractivity (Wildman–Crippen MR) is 101 cm³/mol. The van der Waals surface area contributed by atoms with Gasteiger partial charge in [0.15, 0.2) is 5.69 Å². The zero-order chi connectivity index (χ0) is 18.8. The van der Waals surface area contributed by atoms with Crippen molar-refractivity contribution in [3.63, 3.8) is 0 Å². The van der Waals surface area contributed by atoms with Gasteiger partial charge in [-0.2, -0.15) is 0 Å². The molecule has 1 amide bonds. The van der Waals surface area contributed by atoms with Gasteiger partial charge in [0.2, 0.25) is 0 Å². The molecule has 0 aliphatic heterocycles. The van der Waals surface area contributed by atoms with E-state index in [1.807, 2.05) is 0 Å². The molecule has 0 fully saturated rings. The Labute approximate surface area is 156 Å². The van der Waals surface area contributed by atoms with E-state index in [9.17, 15) is 4.79 Å². The van der Waals surface area contributed by atoms with Crippen molar-refractivity contribution in [1.29, 1.82) is 0 Å². The topological polar surface area (TPSA) is 64.0 Å². The molecular formula is C20H32N4O2+2. The minimum absolute atomic E-state index is 0.161. The standard InChI is InChI=1S/C20H30N4O2/c1-17-15-19(22-26-17)20(25)21-11-7-12-23(2)13-8-14-24(3)16-18-9-5-4-6-10-18/h4-6,9-10,15H,7-8,11-14,16H2,1-3H3,(H,21,25)/p+2. The lowest BCUT2D eigenvalue weighted by Gasteiger charge is -2.17. The number of amides is 1. The molecule has 0 bridgehead atoms. The Morgan fingerprint density at radius 2 is 1.77 bits per heavy atom. The van der Waals surface area contributed by atoms with Crippen molar-refractivity contribution in [2.75, 3.05) is 40.3 Å². The molecule has 0 radical (unpaired) electrons. The minimum Gasteiger partial charge on any atom is -0.361 e. The summed E-state index contributed by atoms with van der Waals surface area (Å²) in [5, 5.41) is 6.61. The van der Waals surface area contributed by atoms with Gasteiger partial charge in [-0.25, -0.2) is 0 Å². The van der Waals surface area contributed by atoms with Crippen LogP contribution in [0.4, 0.5) is 0 Å². The van der Waals surface area contributed by atoms with Crippen molar-refractivity contribution in [2.45, 2.75) is 26.3 Å². The van der Waals surface area contributed by atoms with Crippen LogP contribution in [0, 0.1) is 6.92 Å². The molecule has 2 atom stereocenters. The second kappa shape index (κ2) is 10.7. The van der Waals surface area contributed by atoms with E-state index in [0.717, 1.165) is 26.1 Å². The minimum atomic E-state index is -0.161. The first kappa shape index (κ1) is 20.1. The van der Waals surface area contributed by atoms with Crippen LogP contribution in [0.25, 0.3) is 0 Å². The fourth-order valence-corrected chi connectivity index (χ4v) is 3.01. The number of carbonyl (C=O) groups excluding carboxylic acids is 1. The summed E-state index contributed by atoms with van der Waals surface area (Å²) in [5.41, 5.74) is 1.75. The summed E-state index contributed by atoms with van der Waals surface area (Å²) in [6.07, 6.45) is 2.16. The fraction of sp³-hybridized carbons (Fsp3) is 0.500. The quantitative estimate of drug-likeness (QED) is 0.483. The van der Waals surface area contributed by atoms with Gasteiger partial charge in [0, 0.05) is 31.0 Å². The summed E-state index contributed by atoms with van der Waals surface area (Å²) in [4.78, 5) is 14.9. The highest BCUT2D eigenvalue weighted by Gasteiger charge is 2.11. The zero-order valence-corrected chi connectivity index (χ0v) is 16.2. The van der Waals surface area contributed by atoms with Crippen molar-refractivity contribution in [1.82, 2.24) is 10.5 Å². The van der Waals surface area contributed by atoms with Crippen LogP contribution in [-0.2, 0) is 6.54 Å². The van der Waals surface area contributed by atoms with Crippen molar-refractivity contribution >= 4 is 5.91 Å². The molecule has 2 unspecified atom stereocenters. The smallest absolute Gasteiger partial charge is 0.273 e. The van der Waals surface area contributed by atoms with Crippen LogP contribution in [0.2, 0.25) is 0 Å². The van der Waals surface area contributed by atoms with Crippen LogP contribution >= 0.6 is 0 Å². The zero-order valence-electron chi connectivity index (χ0n) is 16.2. The molecule has 0 spiro atoms. The Morgan fingerprint density at radius 1 is 1.08 bits per heavy atom. The molecular weight excluding hydrogens is 328 g/mol. The number of nitrogens with one attached hydrogen (secondary N) is 3. The highest BCUT2D eigenvalue weighted by molar-refractivity contribution is 5.92. The molecule has 0 saturated heterocycles. The lowest BCUT2D eigenvalue weighted by Crippen LogP contribution is -3.11. The van der Waals surface area contributed by atoms with E-state index in [2.05, 4.69) is 54.9 Å². The number of benzene rings is 1. The van der Waals surface area contributed by atoms with Crippen molar-refractivity contribution in [3.05, 3.63) is 53.4 Å². The van der Waals surface area contributed by atoms with E-state index in [-0.39, 0.29) is 5.91 Å². The van der Waals surface area contributed by atoms with Crippen molar-refractivity contribution < 1.29 is 19.1 Å². The Morgan fingerprint density at radius 3 is 2.46 bits per heavy atom.